The standard InChI is InChI=1S/C12H19ClN2/c1-15-7-6-14-12(15)9-10-4-2-3-5-11(13)8-10/h6-7,10-11H,2-5,8-9H2,1H3. The van der Waals surface area contributed by atoms with Crippen molar-refractivity contribution in [1.82, 2.24) is 9.55 Å². The van der Waals surface area contributed by atoms with E-state index in [1.165, 1.54) is 31.5 Å². The van der Waals surface area contributed by atoms with Crippen molar-refractivity contribution in [3.63, 3.8) is 0 Å². The quantitative estimate of drug-likeness (QED) is 0.560. The minimum Gasteiger partial charge on any atom is -0.338 e. The number of hydrogen-bond donors (Lipinski definition) is 0. The maximum Gasteiger partial charge on any atom is 0.108 e. The first-order valence-corrected chi connectivity index (χ1v) is 6.29. The summed E-state index contributed by atoms with van der Waals surface area (Å²) in [7, 11) is 2.07. The van der Waals surface area contributed by atoms with E-state index in [1.807, 2.05) is 12.4 Å². The van der Waals surface area contributed by atoms with Crippen molar-refractivity contribution >= 4 is 11.6 Å². The van der Waals surface area contributed by atoms with Crippen LogP contribution < -0.4 is 0 Å². The lowest BCUT2D eigenvalue weighted by atomic mass is 9.96. The first-order chi connectivity index (χ1) is 7.25. The molecular formula is C12H19ClN2. The molecule has 0 amide bonds. The number of nitrogens with zero attached hydrogens (tertiary/aromatic N) is 2. The Balaban J connectivity index is 1.96. The lowest BCUT2D eigenvalue weighted by Gasteiger charge is -2.15. The minimum absolute atomic E-state index is 0.387. The van der Waals surface area contributed by atoms with Crippen molar-refractivity contribution in [2.24, 2.45) is 13.0 Å². The molecule has 1 saturated carbocycles. The average molecular weight is 227 g/mol. The zero-order chi connectivity index (χ0) is 10.7. The van der Waals surface area contributed by atoms with E-state index in [0.29, 0.717) is 5.38 Å². The van der Waals surface area contributed by atoms with Crippen molar-refractivity contribution in [3.8, 4) is 0 Å². The molecule has 0 saturated heterocycles. The summed E-state index contributed by atoms with van der Waals surface area (Å²) in [5.74, 6) is 1.93. The molecule has 2 atom stereocenters. The molecule has 2 nitrogen and oxygen atoms in total. The van der Waals surface area contributed by atoms with Crippen LogP contribution in [-0.4, -0.2) is 14.9 Å². The number of hydrogen-bond acceptors (Lipinski definition) is 1. The normalized spacial score (nSPS) is 27.6. The third-order valence-corrected chi connectivity index (χ3v) is 3.76. The zero-order valence-electron chi connectivity index (χ0n) is 9.32. The van der Waals surface area contributed by atoms with E-state index in [9.17, 15) is 0 Å². The smallest absolute Gasteiger partial charge is 0.108 e. The van der Waals surface area contributed by atoms with Gasteiger partial charge in [0, 0.05) is 31.2 Å². The highest BCUT2D eigenvalue weighted by Crippen LogP contribution is 2.28. The molecule has 0 N–H and O–H groups in total. The molecule has 15 heavy (non-hydrogen) atoms. The van der Waals surface area contributed by atoms with Gasteiger partial charge in [-0.25, -0.2) is 4.98 Å². The van der Waals surface area contributed by atoms with Gasteiger partial charge in [-0.2, -0.15) is 0 Å². The van der Waals surface area contributed by atoms with E-state index in [-0.39, 0.29) is 0 Å². The highest BCUT2D eigenvalue weighted by atomic mass is 35.5. The van der Waals surface area contributed by atoms with Gasteiger partial charge in [0.1, 0.15) is 5.82 Å². The van der Waals surface area contributed by atoms with Crippen LogP contribution in [0.3, 0.4) is 0 Å². The second kappa shape index (κ2) is 5.02. The summed E-state index contributed by atoms with van der Waals surface area (Å²) in [4.78, 5) is 4.39. The van der Waals surface area contributed by atoms with Gasteiger partial charge in [0.2, 0.25) is 0 Å². The van der Waals surface area contributed by atoms with Gasteiger partial charge in [-0.3, -0.25) is 0 Å². The first-order valence-electron chi connectivity index (χ1n) is 5.86. The van der Waals surface area contributed by atoms with Crippen molar-refractivity contribution in [2.45, 2.75) is 43.9 Å². The summed E-state index contributed by atoms with van der Waals surface area (Å²) in [6.07, 6.45) is 11.3. The predicted octanol–water partition coefficient (Wildman–Crippen LogP) is 3.15. The van der Waals surface area contributed by atoms with Crippen molar-refractivity contribution in [2.75, 3.05) is 0 Å². The van der Waals surface area contributed by atoms with Gasteiger partial charge in [0.05, 0.1) is 0 Å². The van der Waals surface area contributed by atoms with Crippen LogP contribution in [0.1, 0.15) is 37.9 Å². The van der Waals surface area contributed by atoms with Gasteiger partial charge in [-0.05, 0) is 25.2 Å². The van der Waals surface area contributed by atoms with Gasteiger partial charge in [0.25, 0.3) is 0 Å². The second-order valence-corrected chi connectivity index (χ2v) is 5.26. The lowest BCUT2D eigenvalue weighted by Crippen LogP contribution is -2.11. The predicted molar refractivity (Wildman–Crippen MR) is 63.1 cm³/mol. The topological polar surface area (TPSA) is 17.8 Å². The number of alkyl halides is 1. The molecule has 2 rings (SSSR count). The van der Waals surface area contributed by atoms with Crippen LogP contribution in [0.2, 0.25) is 0 Å². The molecule has 1 aliphatic carbocycles. The largest absolute Gasteiger partial charge is 0.338 e. The van der Waals surface area contributed by atoms with E-state index < -0.39 is 0 Å². The summed E-state index contributed by atoms with van der Waals surface area (Å²) in [5, 5.41) is 0.387. The van der Waals surface area contributed by atoms with E-state index in [2.05, 4.69) is 16.6 Å². The third kappa shape index (κ3) is 2.97. The number of rotatable bonds is 2. The first kappa shape index (κ1) is 11.0. The Morgan fingerprint density at radius 1 is 1.47 bits per heavy atom. The fraction of sp³-hybridized carbons (Fsp3) is 0.750. The van der Waals surface area contributed by atoms with E-state index in [4.69, 9.17) is 11.6 Å². The Morgan fingerprint density at radius 2 is 2.27 bits per heavy atom. The van der Waals surface area contributed by atoms with Crippen LogP contribution in [0, 0.1) is 5.92 Å². The molecule has 1 aromatic heterocycles. The summed E-state index contributed by atoms with van der Waals surface area (Å²) in [5.41, 5.74) is 0. The molecule has 2 unspecified atom stereocenters. The number of aromatic nitrogens is 2. The Bertz CT molecular complexity index is 308. The number of halogens is 1. The zero-order valence-corrected chi connectivity index (χ0v) is 10.1. The van der Waals surface area contributed by atoms with Crippen LogP contribution in [0.5, 0.6) is 0 Å². The van der Waals surface area contributed by atoms with Gasteiger partial charge in [-0.15, -0.1) is 11.6 Å². The summed E-state index contributed by atoms with van der Waals surface area (Å²) in [6.45, 7) is 0. The van der Waals surface area contributed by atoms with Crippen molar-refractivity contribution in [3.05, 3.63) is 18.2 Å². The molecule has 1 fully saturated rings. The van der Waals surface area contributed by atoms with Crippen LogP contribution >= 0.6 is 11.6 Å². The maximum atomic E-state index is 6.27. The third-order valence-electron chi connectivity index (χ3n) is 3.36. The van der Waals surface area contributed by atoms with Gasteiger partial charge in [-0.1, -0.05) is 12.8 Å². The number of aryl methyl sites for hydroxylation is 1. The molecule has 0 aromatic carbocycles. The molecule has 1 aliphatic rings. The van der Waals surface area contributed by atoms with Crippen LogP contribution in [0.4, 0.5) is 0 Å². The number of imidazole rings is 1. The lowest BCUT2D eigenvalue weighted by molar-refractivity contribution is 0.445. The average Bonchev–Trinajstić information content (AvgIpc) is 2.48. The van der Waals surface area contributed by atoms with Gasteiger partial charge < -0.3 is 4.57 Å². The Labute approximate surface area is 96.7 Å². The molecular weight excluding hydrogens is 208 g/mol. The summed E-state index contributed by atoms with van der Waals surface area (Å²) in [6, 6.07) is 0. The van der Waals surface area contributed by atoms with E-state index in [0.717, 1.165) is 18.8 Å². The highest BCUT2D eigenvalue weighted by molar-refractivity contribution is 6.20. The Kier molecular flexibility index (Phi) is 3.68. The van der Waals surface area contributed by atoms with Crippen molar-refractivity contribution in [1.29, 1.82) is 0 Å². The summed E-state index contributed by atoms with van der Waals surface area (Å²) < 4.78 is 2.12. The Hall–Kier alpha value is -0.500. The van der Waals surface area contributed by atoms with Crippen molar-refractivity contribution < 1.29 is 0 Å². The van der Waals surface area contributed by atoms with E-state index >= 15 is 0 Å². The van der Waals surface area contributed by atoms with Crippen LogP contribution in [0.15, 0.2) is 12.4 Å². The maximum absolute atomic E-state index is 6.27. The second-order valence-electron chi connectivity index (χ2n) is 4.64. The van der Waals surface area contributed by atoms with Crippen LogP contribution in [0.25, 0.3) is 0 Å². The fourth-order valence-corrected chi connectivity index (χ4v) is 2.84. The van der Waals surface area contributed by atoms with Crippen LogP contribution in [-0.2, 0) is 13.5 Å². The fourth-order valence-electron chi connectivity index (χ4n) is 2.43. The summed E-state index contributed by atoms with van der Waals surface area (Å²) >= 11 is 6.27. The molecule has 0 bridgehead atoms. The minimum atomic E-state index is 0.387. The Morgan fingerprint density at radius 3 is 3.00 bits per heavy atom. The molecule has 84 valence electrons. The van der Waals surface area contributed by atoms with Gasteiger partial charge >= 0.3 is 0 Å². The molecule has 1 aromatic rings. The molecule has 3 heteroatoms. The monoisotopic (exact) mass is 226 g/mol. The molecule has 1 heterocycles. The SMILES string of the molecule is Cn1ccnc1CC1CCCCC(Cl)C1. The molecule has 0 radical (unpaired) electrons. The van der Waals surface area contributed by atoms with E-state index in [1.54, 1.807) is 0 Å². The molecule has 0 aliphatic heterocycles. The van der Waals surface area contributed by atoms with Gasteiger partial charge in [0.15, 0.2) is 0 Å². The molecule has 0 spiro atoms. The highest BCUT2D eigenvalue weighted by Gasteiger charge is 2.19.